The van der Waals surface area contributed by atoms with E-state index < -0.39 is 477 Å². The molecule has 60 atom stereocenters. The number of amides is 5. The minimum Gasteiger partial charge on any atom is -0.394 e. The van der Waals surface area contributed by atoms with Gasteiger partial charge >= 0.3 is 0 Å². The highest BCUT2D eigenvalue weighted by Crippen LogP contribution is 2.43. The summed E-state index contributed by atoms with van der Waals surface area (Å²) in [6.45, 7) is -9.25. The van der Waals surface area contributed by atoms with Gasteiger partial charge in [0.15, 0.2) is 75.5 Å². The number of hydrogen-bond acceptors (Lipinski definition) is 61. The Bertz CT molecular complexity index is 4130. The van der Waals surface area contributed by atoms with Crippen molar-refractivity contribution in [2.45, 2.75) is 403 Å². The lowest BCUT2D eigenvalue weighted by Crippen LogP contribution is -2.71. The lowest BCUT2D eigenvalue weighted by molar-refractivity contribution is -0.392. The monoisotopic (exact) mass is 2170 g/mol. The van der Waals surface area contributed by atoms with Crippen molar-refractivity contribution in [2.75, 3.05) is 79.3 Å². The molecule has 66 heteroatoms. The minimum atomic E-state index is -2.66. The van der Waals surface area contributed by atoms with E-state index in [0.29, 0.717) is 0 Å². The van der Waals surface area contributed by atoms with Gasteiger partial charge in [-0.25, -0.2) is 0 Å². The third kappa shape index (κ3) is 26.9. The lowest BCUT2D eigenvalue weighted by atomic mass is 9.93. The number of hydrogen-bond donors (Lipinski definition) is 38. The van der Waals surface area contributed by atoms with Crippen LogP contribution in [0.4, 0.5) is 0 Å². The number of carbonyl (C=O) groups is 5. The third-order valence-corrected chi connectivity index (χ3v) is 27.1. The molecule has 12 aliphatic heterocycles. The standard InChI is InChI=1S/C82H137N5O61/c1-18(98)83-35-46(109)62(140-77-56(119)51(114)40(103)23(6-88)129-77)28(11-93)133-72(35)126-16-33-44(107)69(147-75-37(85-20(3)100)48(111)64(30(13-95)135-75)142-79-58(121)53(116)42(105)25(8-90)131-79)60(123)82(139-33)144-66-32(15-97)137-76(39(50(66)113)87-22(5)102)148-70-45(108)34(17-127-73-36(84-19(2)99)47(110)63(29(12-94)134-73)141-78-57(120)52(115)41(104)24(7-89)130-78)138-81(61(70)124)143-65-31(14-96)136-74(38(49(65)112)86-21(4)101)146-68-43(106)26(9-91)132-80(59(68)122)145-67-27(10-92)128-71(125)55(118)54(67)117/h23-82,88-97,103-125H,6-17H2,1-5H3,(H,83,98)(H,84,99)(H,85,100)(H,86,101)(H,87,102)/t23-,24-,25-,26-,27-,28-,29-,30-,31-,32-,33-,34-,35-,36-,37-,38-,39-,40+,41+,42+,43+,44+,45+,46-,47-,48-,49-,50-,51-,52+,53+,54-,55-,56-,57-,58-,59-,60-,61-,62-,63-,64-,65-,66-,67-,68+,69+,70+,71?,72-,73-,74+,75+,76+,77+,78+,79+,80+,81+,82+/m1/s1. The molecule has 0 aromatic carbocycles. The maximum absolute atomic E-state index is 13.7. The zero-order valence-corrected chi connectivity index (χ0v) is 79.3. The van der Waals surface area contributed by atoms with Crippen LogP contribution in [-0.2, 0) is 133 Å². The van der Waals surface area contributed by atoms with Crippen molar-refractivity contribution in [2.24, 2.45) is 0 Å². The van der Waals surface area contributed by atoms with Gasteiger partial charge in [-0.1, -0.05) is 0 Å². The van der Waals surface area contributed by atoms with Gasteiger partial charge in [-0.05, 0) is 0 Å². The first kappa shape index (κ1) is 122. The van der Waals surface area contributed by atoms with Crippen LogP contribution in [0, 0.1) is 0 Å². The number of carbonyl (C=O) groups excluding carboxylic acids is 5. The summed E-state index contributed by atoms with van der Waals surface area (Å²) in [6.07, 6.45) is -118. The molecule has 148 heavy (non-hydrogen) atoms. The van der Waals surface area contributed by atoms with E-state index in [4.69, 9.17) is 109 Å². The van der Waals surface area contributed by atoms with Crippen molar-refractivity contribution in [3.63, 3.8) is 0 Å². The summed E-state index contributed by atoms with van der Waals surface area (Å²) in [4.78, 5) is 66.2. The van der Waals surface area contributed by atoms with Crippen molar-refractivity contribution in [3.05, 3.63) is 0 Å². The smallest absolute Gasteiger partial charge is 0.217 e. The van der Waals surface area contributed by atoms with E-state index >= 15 is 0 Å². The molecule has 12 aliphatic rings. The molecule has 66 nitrogen and oxygen atoms in total. The van der Waals surface area contributed by atoms with Gasteiger partial charge in [-0.2, -0.15) is 0 Å². The summed E-state index contributed by atoms with van der Waals surface area (Å²) in [5, 5.41) is 382. The predicted molar refractivity (Wildman–Crippen MR) is 453 cm³/mol. The van der Waals surface area contributed by atoms with Gasteiger partial charge in [0.1, 0.15) is 293 Å². The molecule has 12 heterocycles. The van der Waals surface area contributed by atoms with E-state index in [1.54, 1.807) is 0 Å². The zero-order valence-electron chi connectivity index (χ0n) is 79.3. The third-order valence-electron chi connectivity index (χ3n) is 27.1. The molecule has 12 saturated heterocycles. The largest absolute Gasteiger partial charge is 0.394 e. The van der Waals surface area contributed by atoms with Crippen LogP contribution < -0.4 is 26.6 Å². The van der Waals surface area contributed by atoms with Crippen molar-refractivity contribution in [1.29, 1.82) is 0 Å². The Labute approximate surface area is 837 Å². The molecule has 5 amide bonds. The van der Waals surface area contributed by atoms with Gasteiger partial charge in [0, 0.05) is 34.6 Å². The Morgan fingerprint density at radius 2 is 0.351 bits per heavy atom. The van der Waals surface area contributed by atoms with Gasteiger partial charge in [0.2, 0.25) is 29.5 Å². The summed E-state index contributed by atoms with van der Waals surface area (Å²) in [7, 11) is 0. The van der Waals surface area contributed by atoms with Gasteiger partial charge in [-0.15, -0.1) is 0 Å². The van der Waals surface area contributed by atoms with Crippen LogP contribution in [0.5, 0.6) is 0 Å². The van der Waals surface area contributed by atoms with E-state index in [-0.39, 0.29) is 0 Å². The average Bonchev–Trinajstić information content (AvgIpc) is 0.761. The normalized spacial score (nSPS) is 49.3. The van der Waals surface area contributed by atoms with Crippen LogP contribution in [-0.4, -0.2) is 645 Å². The summed E-state index contributed by atoms with van der Waals surface area (Å²) >= 11 is 0. The molecule has 0 aliphatic carbocycles. The maximum atomic E-state index is 13.7. The average molecular weight is 2170 g/mol. The molecule has 38 N–H and O–H groups in total. The molecule has 0 aromatic rings. The van der Waals surface area contributed by atoms with Crippen molar-refractivity contribution < 1.29 is 301 Å². The molecular formula is C82H137N5O61. The maximum Gasteiger partial charge on any atom is 0.217 e. The first-order valence-corrected chi connectivity index (χ1v) is 47.2. The lowest BCUT2D eigenvalue weighted by Gasteiger charge is -2.51. The van der Waals surface area contributed by atoms with Crippen LogP contribution >= 0.6 is 0 Å². The molecule has 12 rings (SSSR count). The molecule has 856 valence electrons. The predicted octanol–water partition coefficient (Wildman–Crippen LogP) is -26.4. The molecule has 0 aromatic heterocycles. The Morgan fingerprint density at radius 1 is 0.176 bits per heavy atom. The van der Waals surface area contributed by atoms with Crippen molar-refractivity contribution >= 4 is 29.5 Å². The van der Waals surface area contributed by atoms with E-state index in [0.717, 1.165) is 34.6 Å². The number of ether oxygens (including phenoxy) is 23. The summed E-state index contributed by atoms with van der Waals surface area (Å²) in [5.41, 5.74) is 0. The zero-order chi connectivity index (χ0) is 109. The van der Waals surface area contributed by atoms with Gasteiger partial charge < -0.3 is 304 Å². The Kier molecular flexibility index (Phi) is 43.9. The first-order chi connectivity index (χ1) is 70.1. The summed E-state index contributed by atoms with van der Waals surface area (Å²) < 4.78 is 137. The molecule has 0 bridgehead atoms. The fourth-order valence-corrected chi connectivity index (χ4v) is 19.3. The number of rotatable bonds is 39. The Hall–Kier alpha value is -4.89. The molecule has 1 unspecified atom stereocenters. The summed E-state index contributed by atoms with van der Waals surface area (Å²) in [6, 6.07) is -10.2. The second-order valence-electron chi connectivity index (χ2n) is 37.4. The fraction of sp³-hybridized carbons (Fsp3) is 0.939. The number of aliphatic hydroxyl groups excluding tert-OH is 33. The quantitative estimate of drug-likeness (QED) is 0.0272. The van der Waals surface area contributed by atoms with Crippen LogP contribution in [0.25, 0.3) is 0 Å². The minimum absolute atomic E-state index is 0.835. The second-order valence-corrected chi connectivity index (χ2v) is 37.4. The first-order valence-electron chi connectivity index (χ1n) is 47.2. The number of nitrogens with one attached hydrogen (secondary N) is 5. The van der Waals surface area contributed by atoms with Crippen molar-refractivity contribution in [1.82, 2.24) is 26.6 Å². The summed E-state index contributed by atoms with van der Waals surface area (Å²) in [5.74, 6) is -5.09. The molecular weight excluding hydrogens is 2030 g/mol. The molecule has 0 saturated carbocycles. The van der Waals surface area contributed by atoms with Crippen LogP contribution in [0.2, 0.25) is 0 Å². The van der Waals surface area contributed by atoms with E-state index in [9.17, 15) is 192 Å². The SMILES string of the molecule is CC(=O)N[C@H]1[C@H](OC[C@H]2O[C@@H](O[C@H]3[C@H](O)[C@@H](NC(C)=O)[C@H](O[C@H]4[C@@H](O)[C@@H](CO[C@@H]5O[C@H](CO)[C@@H](O[C@@H]6O[C@H](CO)[C@H](O)[C@H](O)[C@H]6O)[C@H](O)[C@H]5NC(C)=O)O[C@@H](O[C@H]5[C@H](O)[C@@H](NC(C)=O)[C@H](O[C@H]6[C@@H](O)[C@@H](CO)O[C@@H](O[C@H]7[C@H](O)[C@@H](O)C(O)O[C@@H]7CO)[C@@H]6O)O[C@@H]5CO)[C@@H]4O)O[C@@H]3CO)[C@H](O)[C@@H](O[C@@H]3O[C@H](CO)[C@@H](O[C@@H]4O[C@H](CO)[C@H](O)[C@H](O)[C@H]4O)[C@H](O)[C@H]3NC(C)=O)[C@H]2O)O[C@H](CO)[C@@H](O[C@@H]2O[C@H](CO)[C@H](O)[C@@H](O)[C@H]2O)[C@@H]1O. The molecule has 12 fully saturated rings. The van der Waals surface area contributed by atoms with Crippen LogP contribution in [0.1, 0.15) is 34.6 Å². The van der Waals surface area contributed by atoms with E-state index in [2.05, 4.69) is 26.6 Å². The highest BCUT2D eigenvalue weighted by molar-refractivity contribution is 5.75. The van der Waals surface area contributed by atoms with E-state index in [1.165, 1.54) is 0 Å². The fourth-order valence-electron chi connectivity index (χ4n) is 19.3. The van der Waals surface area contributed by atoms with Gasteiger partial charge in [-0.3, -0.25) is 24.0 Å². The Morgan fingerprint density at radius 3 is 0.581 bits per heavy atom. The van der Waals surface area contributed by atoms with Gasteiger partial charge in [0.25, 0.3) is 0 Å². The van der Waals surface area contributed by atoms with Crippen LogP contribution in [0.3, 0.4) is 0 Å². The highest BCUT2D eigenvalue weighted by Gasteiger charge is 2.64. The molecule has 0 radical (unpaired) electrons. The topological polar surface area (TPSA) is 1030 Å². The van der Waals surface area contributed by atoms with Gasteiger partial charge in [0.05, 0.1) is 79.3 Å². The van der Waals surface area contributed by atoms with Crippen molar-refractivity contribution in [3.8, 4) is 0 Å². The number of aliphatic hydroxyl groups is 33. The Balaban J connectivity index is 0.864. The second kappa shape index (κ2) is 53.4. The van der Waals surface area contributed by atoms with Crippen LogP contribution in [0.15, 0.2) is 0 Å². The molecule has 0 spiro atoms. The van der Waals surface area contributed by atoms with E-state index in [1.807, 2.05) is 0 Å². The highest BCUT2D eigenvalue weighted by atomic mass is 16.8.